The number of benzene rings is 1. The van der Waals surface area contributed by atoms with Crippen molar-refractivity contribution in [2.24, 2.45) is 11.7 Å². The Hall–Kier alpha value is -1.95. The van der Waals surface area contributed by atoms with Gasteiger partial charge in [-0.3, -0.25) is 4.79 Å². The van der Waals surface area contributed by atoms with Gasteiger partial charge in [-0.2, -0.15) is 0 Å². The molecule has 0 aliphatic heterocycles. The molecule has 6 nitrogen and oxygen atoms in total. The number of hydrogen-bond acceptors (Lipinski definition) is 5. The number of carbonyl (C=O) groups excluding carboxylic acids is 1. The summed E-state index contributed by atoms with van der Waals surface area (Å²) in [6.45, 7) is 1.97. The van der Waals surface area contributed by atoms with Crippen LogP contribution in [0.5, 0.6) is 17.2 Å². The van der Waals surface area contributed by atoms with E-state index in [4.69, 9.17) is 19.9 Å². The fourth-order valence-electron chi connectivity index (χ4n) is 3.57. The highest BCUT2D eigenvalue weighted by Crippen LogP contribution is 2.40. The van der Waals surface area contributed by atoms with Gasteiger partial charge in [0.05, 0.1) is 27.4 Å². The standard InChI is InChI=1S/C19H30N2O4/c1-12(21-19(22)16(20)13-7-5-6-8-13)11-14-9-10-15(23-2)18(25-4)17(14)24-3/h9-10,12-13,16H,5-8,11,20H2,1-4H3,(H,21,22). The topological polar surface area (TPSA) is 82.8 Å². The Labute approximate surface area is 150 Å². The summed E-state index contributed by atoms with van der Waals surface area (Å²) in [5.41, 5.74) is 7.08. The van der Waals surface area contributed by atoms with Gasteiger partial charge in [0.1, 0.15) is 0 Å². The minimum Gasteiger partial charge on any atom is -0.493 e. The van der Waals surface area contributed by atoms with Crippen molar-refractivity contribution >= 4 is 5.91 Å². The first-order valence-electron chi connectivity index (χ1n) is 8.85. The molecule has 1 aromatic rings. The second kappa shape index (κ2) is 8.94. The lowest BCUT2D eigenvalue weighted by Crippen LogP contribution is -2.48. The highest BCUT2D eigenvalue weighted by Gasteiger charge is 2.28. The van der Waals surface area contributed by atoms with Crippen molar-refractivity contribution in [2.75, 3.05) is 21.3 Å². The maximum atomic E-state index is 12.4. The van der Waals surface area contributed by atoms with E-state index in [0.29, 0.717) is 29.6 Å². The Morgan fingerprint density at radius 1 is 1.16 bits per heavy atom. The Morgan fingerprint density at radius 2 is 1.80 bits per heavy atom. The molecule has 1 saturated carbocycles. The van der Waals surface area contributed by atoms with Crippen LogP contribution in [0.1, 0.15) is 38.2 Å². The molecule has 3 N–H and O–H groups in total. The number of carbonyl (C=O) groups is 1. The van der Waals surface area contributed by atoms with Crippen LogP contribution in [0, 0.1) is 5.92 Å². The Bertz CT molecular complexity index is 585. The first-order chi connectivity index (χ1) is 12.0. The molecular formula is C19H30N2O4. The number of nitrogens with one attached hydrogen (secondary N) is 1. The summed E-state index contributed by atoms with van der Waals surface area (Å²) in [6.07, 6.45) is 5.06. The van der Waals surface area contributed by atoms with E-state index in [9.17, 15) is 4.79 Å². The van der Waals surface area contributed by atoms with E-state index >= 15 is 0 Å². The Morgan fingerprint density at radius 3 is 2.36 bits per heavy atom. The first kappa shape index (κ1) is 19.4. The molecular weight excluding hydrogens is 320 g/mol. The van der Waals surface area contributed by atoms with E-state index in [0.717, 1.165) is 18.4 Å². The molecule has 0 bridgehead atoms. The van der Waals surface area contributed by atoms with Crippen molar-refractivity contribution in [1.29, 1.82) is 0 Å². The normalized spacial score (nSPS) is 17.0. The lowest BCUT2D eigenvalue weighted by Gasteiger charge is -2.22. The van der Waals surface area contributed by atoms with Crippen molar-refractivity contribution in [1.82, 2.24) is 5.32 Å². The zero-order valence-electron chi connectivity index (χ0n) is 15.6. The summed E-state index contributed by atoms with van der Waals surface area (Å²) in [6, 6.07) is 3.29. The average Bonchev–Trinajstić information content (AvgIpc) is 3.14. The average molecular weight is 350 g/mol. The van der Waals surface area contributed by atoms with Crippen LogP contribution >= 0.6 is 0 Å². The molecule has 0 heterocycles. The minimum absolute atomic E-state index is 0.0630. The largest absolute Gasteiger partial charge is 0.493 e. The van der Waals surface area contributed by atoms with Gasteiger partial charge in [0.15, 0.2) is 11.5 Å². The highest BCUT2D eigenvalue weighted by molar-refractivity contribution is 5.82. The maximum absolute atomic E-state index is 12.4. The summed E-state index contributed by atoms with van der Waals surface area (Å²) >= 11 is 0. The predicted octanol–water partition coefficient (Wildman–Crippen LogP) is 2.28. The first-order valence-corrected chi connectivity index (χ1v) is 8.85. The summed E-state index contributed by atoms with van der Waals surface area (Å²) in [4.78, 5) is 12.4. The van der Waals surface area contributed by atoms with Gasteiger partial charge in [-0.05, 0) is 38.2 Å². The van der Waals surface area contributed by atoms with E-state index in [1.807, 2.05) is 19.1 Å². The summed E-state index contributed by atoms with van der Waals surface area (Å²) in [5, 5.41) is 3.03. The van der Waals surface area contributed by atoms with Gasteiger partial charge in [-0.15, -0.1) is 0 Å². The summed E-state index contributed by atoms with van der Waals surface area (Å²) < 4.78 is 16.2. The van der Waals surface area contributed by atoms with E-state index in [1.165, 1.54) is 12.8 Å². The quantitative estimate of drug-likeness (QED) is 0.751. The molecule has 1 aliphatic carbocycles. The van der Waals surface area contributed by atoms with E-state index in [-0.39, 0.29) is 11.9 Å². The number of amides is 1. The van der Waals surface area contributed by atoms with Gasteiger partial charge < -0.3 is 25.3 Å². The second-order valence-corrected chi connectivity index (χ2v) is 6.68. The molecule has 25 heavy (non-hydrogen) atoms. The zero-order chi connectivity index (χ0) is 18.4. The van der Waals surface area contributed by atoms with Gasteiger partial charge in [0, 0.05) is 11.6 Å². The minimum atomic E-state index is -0.419. The van der Waals surface area contributed by atoms with Gasteiger partial charge >= 0.3 is 0 Å². The molecule has 0 saturated heterocycles. The highest BCUT2D eigenvalue weighted by atomic mass is 16.5. The van der Waals surface area contributed by atoms with E-state index in [1.54, 1.807) is 21.3 Å². The lowest BCUT2D eigenvalue weighted by molar-refractivity contribution is -0.124. The zero-order valence-corrected chi connectivity index (χ0v) is 15.6. The third kappa shape index (κ3) is 4.57. The van der Waals surface area contributed by atoms with Crippen LogP contribution in [0.3, 0.4) is 0 Å². The van der Waals surface area contributed by atoms with Crippen LogP contribution in [0.25, 0.3) is 0 Å². The smallest absolute Gasteiger partial charge is 0.237 e. The molecule has 1 amide bonds. The third-order valence-electron chi connectivity index (χ3n) is 4.91. The number of methoxy groups -OCH3 is 3. The Balaban J connectivity index is 2.04. The molecule has 1 fully saturated rings. The van der Waals surface area contributed by atoms with Crippen molar-refractivity contribution in [3.05, 3.63) is 17.7 Å². The van der Waals surface area contributed by atoms with Crippen molar-refractivity contribution < 1.29 is 19.0 Å². The van der Waals surface area contributed by atoms with Crippen LogP contribution in [0.4, 0.5) is 0 Å². The van der Waals surface area contributed by atoms with Gasteiger partial charge in [-0.1, -0.05) is 18.9 Å². The van der Waals surface area contributed by atoms with Crippen molar-refractivity contribution in [3.8, 4) is 17.2 Å². The van der Waals surface area contributed by atoms with Crippen molar-refractivity contribution in [2.45, 2.75) is 51.1 Å². The predicted molar refractivity (Wildman–Crippen MR) is 97.3 cm³/mol. The molecule has 6 heteroatoms. The van der Waals surface area contributed by atoms with Crippen LogP contribution in [-0.4, -0.2) is 39.3 Å². The fraction of sp³-hybridized carbons (Fsp3) is 0.632. The maximum Gasteiger partial charge on any atom is 0.237 e. The van der Waals surface area contributed by atoms with Crippen LogP contribution in [0.15, 0.2) is 12.1 Å². The number of hydrogen-bond donors (Lipinski definition) is 2. The molecule has 0 spiro atoms. The van der Waals surface area contributed by atoms with E-state index < -0.39 is 6.04 Å². The molecule has 0 aromatic heterocycles. The molecule has 0 radical (unpaired) electrons. The van der Waals surface area contributed by atoms with Gasteiger partial charge in [-0.25, -0.2) is 0 Å². The summed E-state index contributed by atoms with van der Waals surface area (Å²) in [5.74, 6) is 2.04. The SMILES string of the molecule is COc1ccc(CC(C)NC(=O)C(N)C2CCCC2)c(OC)c1OC. The molecule has 2 unspecified atom stereocenters. The third-order valence-corrected chi connectivity index (χ3v) is 4.91. The Kier molecular flexibility index (Phi) is 6.93. The number of nitrogens with two attached hydrogens (primary N) is 1. The number of rotatable bonds is 8. The summed E-state index contributed by atoms with van der Waals surface area (Å²) in [7, 11) is 4.76. The molecule has 2 atom stereocenters. The monoisotopic (exact) mass is 350 g/mol. The van der Waals surface area contributed by atoms with Crippen LogP contribution in [0.2, 0.25) is 0 Å². The molecule has 2 rings (SSSR count). The second-order valence-electron chi connectivity index (χ2n) is 6.68. The van der Waals surface area contributed by atoms with E-state index in [2.05, 4.69) is 5.32 Å². The van der Waals surface area contributed by atoms with Crippen LogP contribution < -0.4 is 25.3 Å². The molecule has 1 aromatic carbocycles. The van der Waals surface area contributed by atoms with Crippen molar-refractivity contribution in [3.63, 3.8) is 0 Å². The number of ether oxygens (including phenoxy) is 3. The molecule has 140 valence electrons. The van der Waals surface area contributed by atoms with Gasteiger partial charge in [0.2, 0.25) is 11.7 Å². The van der Waals surface area contributed by atoms with Crippen LogP contribution in [-0.2, 0) is 11.2 Å². The fourth-order valence-corrected chi connectivity index (χ4v) is 3.57. The lowest BCUT2D eigenvalue weighted by atomic mass is 9.97. The van der Waals surface area contributed by atoms with Gasteiger partial charge in [0.25, 0.3) is 0 Å². The molecule has 1 aliphatic rings.